The van der Waals surface area contributed by atoms with Crippen molar-refractivity contribution in [1.82, 2.24) is 9.97 Å². The average molecular weight is 157 g/mol. The molecule has 0 atom stereocenters. The minimum Gasteiger partial charge on any atom is -0.490 e. The number of aromatic nitrogens is 2. The summed E-state index contributed by atoms with van der Waals surface area (Å²) in [4.78, 5) is 7.76. The van der Waals surface area contributed by atoms with Crippen molar-refractivity contribution < 1.29 is 4.74 Å². The minimum atomic E-state index is 0.296. The fraction of sp³-hybridized carbons (Fsp3) is 0.333. The van der Waals surface area contributed by atoms with Crippen molar-refractivity contribution in [3.05, 3.63) is 17.2 Å². The lowest BCUT2D eigenvalue weighted by Crippen LogP contribution is -1.86. The number of hydrogen-bond acceptors (Lipinski definition) is 3. The fourth-order valence-electron chi connectivity index (χ4n) is 0.939. The third kappa shape index (κ3) is 0.827. The SMILES string of the molecule is Clc1ncc2c(n1)CCO2. The van der Waals surface area contributed by atoms with E-state index in [0.717, 1.165) is 17.9 Å². The van der Waals surface area contributed by atoms with E-state index in [1.807, 2.05) is 0 Å². The lowest BCUT2D eigenvalue weighted by Gasteiger charge is -1.94. The molecule has 0 saturated carbocycles. The maximum atomic E-state index is 5.55. The van der Waals surface area contributed by atoms with Gasteiger partial charge in [0.05, 0.1) is 18.5 Å². The molecule has 0 spiro atoms. The van der Waals surface area contributed by atoms with E-state index in [1.54, 1.807) is 6.20 Å². The molecule has 52 valence electrons. The van der Waals surface area contributed by atoms with E-state index >= 15 is 0 Å². The lowest BCUT2D eigenvalue weighted by atomic mass is 10.3. The van der Waals surface area contributed by atoms with E-state index in [2.05, 4.69) is 9.97 Å². The van der Waals surface area contributed by atoms with Gasteiger partial charge in [-0.15, -0.1) is 0 Å². The third-order valence-corrected chi connectivity index (χ3v) is 1.58. The first-order chi connectivity index (χ1) is 4.86. The predicted molar refractivity (Wildman–Crippen MR) is 36.2 cm³/mol. The molecule has 4 heteroatoms. The molecule has 10 heavy (non-hydrogen) atoms. The first-order valence-electron chi connectivity index (χ1n) is 3.00. The Morgan fingerprint density at radius 2 is 2.50 bits per heavy atom. The van der Waals surface area contributed by atoms with Crippen LogP contribution in [0.25, 0.3) is 0 Å². The van der Waals surface area contributed by atoms with Crippen LogP contribution < -0.4 is 4.74 Å². The maximum absolute atomic E-state index is 5.55. The van der Waals surface area contributed by atoms with Gasteiger partial charge < -0.3 is 4.74 Å². The highest BCUT2D eigenvalue weighted by Gasteiger charge is 2.13. The van der Waals surface area contributed by atoms with Gasteiger partial charge in [0.15, 0.2) is 5.75 Å². The van der Waals surface area contributed by atoms with Crippen molar-refractivity contribution in [2.75, 3.05) is 6.61 Å². The van der Waals surface area contributed by atoms with E-state index in [1.165, 1.54) is 0 Å². The molecular formula is C6H5ClN2O. The highest BCUT2D eigenvalue weighted by Crippen LogP contribution is 2.22. The van der Waals surface area contributed by atoms with Crippen molar-refractivity contribution in [2.45, 2.75) is 6.42 Å². The highest BCUT2D eigenvalue weighted by atomic mass is 35.5. The van der Waals surface area contributed by atoms with Crippen LogP contribution >= 0.6 is 11.6 Å². The predicted octanol–water partition coefficient (Wildman–Crippen LogP) is 1.06. The van der Waals surface area contributed by atoms with Crippen LogP contribution in [-0.4, -0.2) is 16.6 Å². The van der Waals surface area contributed by atoms with Gasteiger partial charge in [0.2, 0.25) is 5.28 Å². The van der Waals surface area contributed by atoms with Gasteiger partial charge in [-0.2, -0.15) is 0 Å². The van der Waals surface area contributed by atoms with E-state index in [-0.39, 0.29) is 0 Å². The topological polar surface area (TPSA) is 35.0 Å². The Morgan fingerprint density at radius 1 is 1.60 bits per heavy atom. The molecular weight excluding hydrogens is 152 g/mol. The molecule has 2 rings (SSSR count). The van der Waals surface area contributed by atoms with Crippen molar-refractivity contribution in [3.8, 4) is 5.75 Å². The van der Waals surface area contributed by atoms with Crippen LogP contribution in [0.1, 0.15) is 5.69 Å². The van der Waals surface area contributed by atoms with Crippen LogP contribution in [0.4, 0.5) is 0 Å². The van der Waals surface area contributed by atoms with Crippen molar-refractivity contribution in [3.63, 3.8) is 0 Å². The normalized spacial score (nSPS) is 14.5. The first kappa shape index (κ1) is 5.92. The molecule has 1 aliphatic rings. The standard InChI is InChI=1S/C6H5ClN2O/c7-6-8-3-5-4(9-6)1-2-10-5/h3H,1-2H2. The van der Waals surface area contributed by atoms with Crippen LogP contribution in [-0.2, 0) is 6.42 Å². The minimum absolute atomic E-state index is 0.296. The summed E-state index contributed by atoms with van der Waals surface area (Å²) in [6, 6.07) is 0. The summed E-state index contributed by atoms with van der Waals surface area (Å²) in [5, 5.41) is 0.296. The monoisotopic (exact) mass is 156 g/mol. The highest BCUT2D eigenvalue weighted by molar-refractivity contribution is 6.28. The van der Waals surface area contributed by atoms with E-state index in [0.29, 0.717) is 11.9 Å². The second-order valence-electron chi connectivity index (χ2n) is 2.05. The van der Waals surface area contributed by atoms with Crippen LogP contribution in [0.5, 0.6) is 5.75 Å². The summed E-state index contributed by atoms with van der Waals surface area (Å²) < 4.78 is 5.17. The van der Waals surface area contributed by atoms with Gasteiger partial charge in [-0.25, -0.2) is 9.97 Å². The van der Waals surface area contributed by atoms with E-state index in [9.17, 15) is 0 Å². The van der Waals surface area contributed by atoms with E-state index in [4.69, 9.17) is 16.3 Å². The molecule has 1 aromatic rings. The number of nitrogens with zero attached hydrogens (tertiary/aromatic N) is 2. The number of halogens is 1. The number of fused-ring (bicyclic) bond motifs is 1. The molecule has 2 heterocycles. The Morgan fingerprint density at radius 3 is 3.40 bits per heavy atom. The Hall–Kier alpha value is -0.830. The van der Waals surface area contributed by atoms with Crippen molar-refractivity contribution in [2.24, 2.45) is 0 Å². The molecule has 0 bridgehead atoms. The molecule has 0 N–H and O–H groups in total. The molecule has 1 aliphatic heterocycles. The summed E-state index contributed by atoms with van der Waals surface area (Å²) in [6.45, 7) is 0.699. The number of ether oxygens (including phenoxy) is 1. The fourth-order valence-corrected chi connectivity index (χ4v) is 1.09. The summed E-state index contributed by atoms with van der Waals surface area (Å²) in [5.41, 5.74) is 0.917. The molecule has 0 unspecified atom stereocenters. The zero-order chi connectivity index (χ0) is 6.97. The van der Waals surface area contributed by atoms with Crippen LogP contribution in [0, 0.1) is 0 Å². The first-order valence-corrected chi connectivity index (χ1v) is 3.38. The quantitative estimate of drug-likeness (QED) is 0.527. The zero-order valence-corrected chi connectivity index (χ0v) is 5.93. The molecule has 0 amide bonds. The summed E-state index contributed by atoms with van der Waals surface area (Å²) >= 11 is 5.55. The summed E-state index contributed by atoms with van der Waals surface area (Å²) in [5.74, 6) is 0.768. The largest absolute Gasteiger partial charge is 0.490 e. The van der Waals surface area contributed by atoms with Crippen LogP contribution in [0.3, 0.4) is 0 Å². The van der Waals surface area contributed by atoms with Gasteiger partial charge in [-0.3, -0.25) is 0 Å². The van der Waals surface area contributed by atoms with Gasteiger partial charge in [0, 0.05) is 6.42 Å². The van der Waals surface area contributed by atoms with Gasteiger partial charge in [0.1, 0.15) is 0 Å². The number of hydrogen-bond donors (Lipinski definition) is 0. The van der Waals surface area contributed by atoms with Gasteiger partial charge in [-0.05, 0) is 11.6 Å². The average Bonchev–Trinajstić information content (AvgIpc) is 2.33. The van der Waals surface area contributed by atoms with E-state index < -0.39 is 0 Å². The smallest absolute Gasteiger partial charge is 0.222 e. The molecule has 0 saturated heterocycles. The molecule has 0 radical (unpaired) electrons. The van der Waals surface area contributed by atoms with Crippen molar-refractivity contribution >= 4 is 11.6 Å². The Balaban J connectivity index is 2.52. The zero-order valence-electron chi connectivity index (χ0n) is 5.17. The lowest BCUT2D eigenvalue weighted by molar-refractivity contribution is 0.355. The van der Waals surface area contributed by atoms with Crippen LogP contribution in [0.15, 0.2) is 6.20 Å². The van der Waals surface area contributed by atoms with Gasteiger partial charge in [-0.1, -0.05) is 0 Å². The molecule has 0 aromatic carbocycles. The van der Waals surface area contributed by atoms with Gasteiger partial charge in [0.25, 0.3) is 0 Å². The molecule has 1 aromatic heterocycles. The Kier molecular flexibility index (Phi) is 1.24. The summed E-state index contributed by atoms with van der Waals surface area (Å²) in [6.07, 6.45) is 2.45. The Bertz CT molecular complexity index is 264. The molecule has 0 fully saturated rings. The van der Waals surface area contributed by atoms with Gasteiger partial charge >= 0.3 is 0 Å². The molecule has 0 aliphatic carbocycles. The third-order valence-electron chi connectivity index (χ3n) is 1.40. The summed E-state index contributed by atoms with van der Waals surface area (Å²) in [7, 11) is 0. The Labute approximate surface area is 63.0 Å². The van der Waals surface area contributed by atoms with Crippen molar-refractivity contribution in [1.29, 1.82) is 0 Å². The van der Waals surface area contributed by atoms with Crippen LogP contribution in [0.2, 0.25) is 5.28 Å². The second-order valence-corrected chi connectivity index (χ2v) is 2.39. The molecule has 3 nitrogen and oxygen atoms in total. The maximum Gasteiger partial charge on any atom is 0.222 e. The second kappa shape index (κ2) is 2.09. The number of rotatable bonds is 0.